The van der Waals surface area contributed by atoms with Crippen molar-refractivity contribution in [2.75, 3.05) is 7.11 Å². The third kappa shape index (κ3) is 5.23. The summed E-state index contributed by atoms with van der Waals surface area (Å²) in [6, 6.07) is 18.3. The minimum atomic E-state index is -0.472. The highest BCUT2D eigenvalue weighted by Gasteiger charge is 2.33. The minimum Gasteiger partial charge on any atom is -0.493 e. The number of halogens is 2. The summed E-state index contributed by atoms with van der Waals surface area (Å²) in [6.07, 6.45) is 1.59. The van der Waals surface area contributed by atoms with Gasteiger partial charge in [-0.05, 0) is 63.0 Å². The summed E-state index contributed by atoms with van der Waals surface area (Å²) in [5.74, 6) is 0.189. The number of benzene rings is 3. The first-order chi connectivity index (χ1) is 15.9. The maximum absolute atomic E-state index is 13.1. The molecular formula is C25H20BrFN2O4. The molecule has 1 N–H and O–H groups in total. The first-order valence-electron chi connectivity index (χ1n) is 10.1. The van der Waals surface area contributed by atoms with Crippen LogP contribution in [0.4, 0.5) is 9.18 Å². The zero-order valence-electron chi connectivity index (χ0n) is 17.7. The fourth-order valence-electron chi connectivity index (χ4n) is 3.35. The van der Waals surface area contributed by atoms with E-state index in [2.05, 4.69) is 21.2 Å². The van der Waals surface area contributed by atoms with Crippen LogP contribution in [0.25, 0.3) is 6.08 Å². The molecule has 6 nitrogen and oxygen atoms in total. The minimum absolute atomic E-state index is 0.171. The third-order valence-corrected chi connectivity index (χ3v) is 5.59. The van der Waals surface area contributed by atoms with Crippen molar-refractivity contribution in [2.24, 2.45) is 0 Å². The van der Waals surface area contributed by atoms with Crippen LogP contribution in [0, 0.1) is 5.82 Å². The summed E-state index contributed by atoms with van der Waals surface area (Å²) in [6.45, 7) is 0.407. The molecule has 0 radical (unpaired) electrons. The van der Waals surface area contributed by atoms with Crippen LogP contribution >= 0.6 is 15.9 Å². The summed E-state index contributed by atoms with van der Waals surface area (Å²) in [5, 5.41) is 2.63. The van der Waals surface area contributed by atoms with Gasteiger partial charge >= 0.3 is 6.03 Å². The van der Waals surface area contributed by atoms with Crippen molar-refractivity contribution in [1.82, 2.24) is 10.2 Å². The number of nitrogens with zero attached hydrogens (tertiary/aromatic N) is 1. The number of carbonyl (C=O) groups is 2. The van der Waals surface area contributed by atoms with Gasteiger partial charge in [0.15, 0.2) is 11.5 Å². The van der Waals surface area contributed by atoms with E-state index in [-0.39, 0.29) is 24.7 Å². The molecule has 168 valence electrons. The second-order valence-electron chi connectivity index (χ2n) is 7.31. The van der Waals surface area contributed by atoms with Gasteiger partial charge in [-0.3, -0.25) is 9.69 Å². The van der Waals surface area contributed by atoms with Gasteiger partial charge in [-0.25, -0.2) is 9.18 Å². The predicted octanol–water partition coefficient (Wildman–Crippen LogP) is 5.27. The first kappa shape index (κ1) is 22.5. The lowest BCUT2D eigenvalue weighted by atomic mass is 10.1. The Labute approximate surface area is 198 Å². The van der Waals surface area contributed by atoms with Crippen LogP contribution in [0.1, 0.15) is 16.7 Å². The second-order valence-corrected chi connectivity index (χ2v) is 8.17. The Morgan fingerprint density at radius 2 is 1.76 bits per heavy atom. The van der Waals surface area contributed by atoms with Crippen molar-refractivity contribution >= 4 is 33.9 Å². The number of methoxy groups -OCH3 is 1. The van der Waals surface area contributed by atoms with Gasteiger partial charge in [0, 0.05) is 0 Å². The van der Waals surface area contributed by atoms with Crippen molar-refractivity contribution in [1.29, 1.82) is 0 Å². The van der Waals surface area contributed by atoms with Crippen LogP contribution in [0.3, 0.4) is 0 Å². The van der Waals surface area contributed by atoms with E-state index in [1.54, 1.807) is 30.3 Å². The molecule has 1 fully saturated rings. The van der Waals surface area contributed by atoms with Crippen LogP contribution in [0.2, 0.25) is 0 Å². The van der Waals surface area contributed by atoms with Crippen LogP contribution in [0.5, 0.6) is 11.5 Å². The van der Waals surface area contributed by atoms with Crippen molar-refractivity contribution < 1.29 is 23.5 Å². The SMILES string of the molecule is COc1cc(/C=C2/NC(=O)N(Cc3ccccc3)C2=O)cc(Br)c1OCc1ccc(F)cc1. The molecule has 0 saturated carbocycles. The number of hydrogen-bond donors (Lipinski definition) is 1. The molecule has 0 aromatic heterocycles. The molecule has 1 saturated heterocycles. The number of nitrogens with one attached hydrogen (secondary N) is 1. The van der Waals surface area contributed by atoms with E-state index in [9.17, 15) is 14.0 Å². The van der Waals surface area contributed by atoms with Gasteiger partial charge in [0.25, 0.3) is 5.91 Å². The van der Waals surface area contributed by atoms with Gasteiger partial charge in [0.05, 0.1) is 18.1 Å². The summed E-state index contributed by atoms with van der Waals surface area (Å²) in [5.41, 5.74) is 2.46. The van der Waals surface area contributed by atoms with Crippen molar-refractivity contribution in [3.8, 4) is 11.5 Å². The highest BCUT2D eigenvalue weighted by molar-refractivity contribution is 9.10. The normalized spacial score (nSPS) is 14.5. The smallest absolute Gasteiger partial charge is 0.329 e. The Kier molecular flexibility index (Phi) is 6.74. The molecule has 4 rings (SSSR count). The van der Waals surface area contributed by atoms with E-state index in [1.807, 2.05) is 30.3 Å². The summed E-state index contributed by atoms with van der Waals surface area (Å²) in [4.78, 5) is 26.3. The molecule has 3 aromatic carbocycles. The quantitative estimate of drug-likeness (QED) is 0.347. The molecule has 1 heterocycles. The van der Waals surface area contributed by atoms with Crippen molar-refractivity contribution in [2.45, 2.75) is 13.2 Å². The predicted molar refractivity (Wildman–Crippen MR) is 125 cm³/mol. The Hall–Kier alpha value is -3.65. The maximum atomic E-state index is 13.1. The molecule has 0 bridgehead atoms. The average molecular weight is 511 g/mol. The fourth-order valence-corrected chi connectivity index (χ4v) is 3.92. The summed E-state index contributed by atoms with van der Waals surface area (Å²) >= 11 is 3.48. The second kappa shape index (κ2) is 9.87. The average Bonchev–Trinajstić information content (AvgIpc) is 3.07. The molecule has 1 aliphatic heterocycles. The van der Waals surface area contributed by atoms with Gasteiger partial charge in [-0.2, -0.15) is 0 Å². The van der Waals surface area contributed by atoms with Gasteiger partial charge < -0.3 is 14.8 Å². The maximum Gasteiger partial charge on any atom is 0.329 e. The number of ether oxygens (including phenoxy) is 2. The number of amides is 3. The molecule has 3 aromatic rings. The molecule has 1 aliphatic rings. The lowest BCUT2D eigenvalue weighted by molar-refractivity contribution is -0.123. The van der Waals surface area contributed by atoms with E-state index >= 15 is 0 Å². The van der Waals surface area contributed by atoms with Crippen molar-refractivity contribution in [3.63, 3.8) is 0 Å². The van der Waals surface area contributed by atoms with Crippen LogP contribution in [-0.4, -0.2) is 23.9 Å². The van der Waals surface area contributed by atoms with E-state index in [4.69, 9.17) is 9.47 Å². The Morgan fingerprint density at radius 1 is 1.03 bits per heavy atom. The molecule has 0 atom stereocenters. The lowest BCUT2D eigenvalue weighted by Gasteiger charge is -2.14. The Morgan fingerprint density at radius 3 is 2.45 bits per heavy atom. The topological polar surface area (TPSA) is 67.9 Å². The van der Waals surface area contributed by atoms with Gasteiger partial charge in [0.2, 0.25) is 0 Å². The molecule has 0 spiro atoms. The highest BCUT2D eigenvalue weighted by Crippen LogP contribution is 2.38. The number of urea groups is 1. The summed E-state index contributed by atoms with van der Waals surface area (Å²) in [7, 11) is 1.51. The van der Waals surface area contributed by atoms with Crippen LogP contribution < -0.4 is 14.8 Å². The van der Waals surface area contributed by atoms with E-state index in [1.165, 1.54) is 19.2 Å². The first-order valence-corrected chi connectivity index (χ1v) is 10.9. The Bertz CT molecular complexity index is 1210. The largest absolute Gasteiger partial charge is 0.493 e. The standard InChI is InChI=1S/C25H20BrFN2O4/c1-32-22-13-18(11-20(26)23(22)33-15-17-7-9-19(27)10-8-17)12-21-24(30)29(25(31)28-21)14-16-5-3-2-4-6-16/h2-13H,14-15H2,1H3,(H,28,31)/b21-12+. The van der Waals surface area contributed by atoms with Gasteiger partial charge in [-0.15, -0.1) is 0 Å². The summed E-state index contributed by atoms with van der Waals surface area (Å²) < 4.78 is 25.0. The molecule has 3 amide bonds. The van der Waals surface area contributed by atoms with Crippen LogP contribution in [-0.2, 0) is 17.9 Å². The highest BCUT2D eigenvalue weighted by atomic mass is 79.9. The number of hydrogen-bond acceptors (Lipinski definition) is 4. The Balaban J connectivity index is 1.53. The number of carbonyl (C=O) groups excluding carboxylic acids is 2. The fraction of sp³-hybridized carbons (Fsp3) is 0.120. The van der Waals surface area contributed by atoms with Crippen molar-refractivity contribution in [3.05, 3.63) is 99.4 Å². The van der Waals surface area contributed by atoms with Gasteiger partial charge in [0.1, 0.15) is 18.1 Å². The molecule has 0 unspecified atom stereocenters. The van der Waals surface area contributed by atoms with E-state index in [0.29, 0.717) is 21.5 Å². The van der Waals surface area contributed by atoms with Crippen LogP contribution in [0.15, 0.2) is 76.9 Å². The molecule has 33 heavy (non-hydrogen) atoms. The van der Waals surface area contributed by atoms with Gasteiger partial charge in [-0.1, -0.05) is 42.5 Å². The number of imide groups is 1. The van der Waals surface area contributed by atoms with E-state index < -0.39 is 11.9 Å². The zero-order valence-corrected chi connectivity index (χ0v) is 19.3. The zero-order chi connectivity index (χ0) is 23.4. The third-order valence-electron chi connectivity index (χ3n) is 5.01. The monoisotopic (exact) mass is 510 g/mol. The number of rotatable bonds is 7. The molecule has 0 aliphatic carbocycles. The lowest BCUT2D eigenvalue weighted by Crippen LogP contribution is -2.30. The van der Waals surface area contributed by atoms with E-state index in [0.717, 1.165) is 16.0 Å². The molecule has 8 heteroatoms. The molecular weight excluding hydrogens is 491 g/mol.